The summed E-state index contributed by atoms with van der Waals surface area (Å²) in [6.07, 6.45) is 0.847. The minimum Gasteiger partial charge on any atom is -0.478 e. The van der Waals surface area contributed by atoms with Gasteiger partial charge in [-0.25, -0.2) is 18.8 Å². The number of benzene rings is 1. The van der Waals surface area contributed by atoms with Gasteiger partial charge < -0.3 is 31.3 Å². The summed E-state index contributed by atoms with van der Waals surface area (Å²) in [6, 6.07) is 3.95. The Morgan fingerprint density at radius 3 is 2.50 bits per heavy atom. The van der Waals surface area contributed by atoms with Crippen molar-refractivity contribution in [3.05, 3.63) is 46.8 Å². The predicted octanol–water partition coefficient (Wildman–Crippen LogP) is 1.14. The number of carbonyl (C=O) groups is 3. The molecular formula is C17H21ClFN3O6. The zero-order valence-electron chi connectivity index (χ0n) is 14.7. The van der Waals surface area contributed by atoms with Crippen LogP contribution in [0.3, 0.4) is 0 Å². The first-order valence-electron chi connectivity index (χ1n) is 8.15. The molecule has 2 atom stereocenters. The van der Waals surface area contributed by atoms with Gasteiger partial charge in [-0.15, -0.1) is 0 Å². The zero-order chi connectivity index (χ0) is 21.1. The molecule has 11 heteroatoms. The van der Waals surface area contributed by atoms with Gasteiger partial charge in [-0.05, 0) is 17.7 Å². The molecule has 28 heavy (non-hydrogen) atoms. The summed E-state index contributed by atoms with van der Waals surface area (Å²) in [5.41, 5.74) is 5.88. The minimum absolute atomic E-state index is 0.00784. The van der Waals surface area contributed by atoms with Gasteiger partial charge in [0.15, 0.2) is 0 Å². The molecule has 0 unspecified atom stereocenters. The van der Waals surface area contributed by atoms with Crippen molar-refractivity contribution >= 4 is 29.6 Å². The summed E-state index contributed by atoms with van der Waals surface area (Å²) >= 11 is 5.81. The monoisotopic (exact) mass is 417 g/mol. The first-order valence-corrected chi connectivity index (χ1v) is 8.53. The van der Waals surface area contributed by atoms with Crippen molar-refractivity contribution in [1.29, 1.82) is 0 Å². The molecule has 1 aromatic rings. The fraction of sp³-hybridized carbons (Fsp3) is 0.353. The third-order valence-electron chi connectivity index (χ3n) is 3.59. The van der Waals surface area contributed by atoms with E-state index in [1.54, 1.807) is 12.1 Å². The van der Waals surface area contributed by atoms with Crippen molar-refractivity contribution in [2.45, 2.75) is 6.10 Å². The van der Waals surface area contributed by atoms with Crippen molar-refractivity contribution in [1.82, 2.24) is 10.6 Å². The summed E-state index contributed by atoms with van der Waals surface area (Å²) in [5, 5.41) is 21.5. The third kappa shape index (κ3) is 8.80. The Morgan fingerprint density at radius 2 is 1.96 bits per heavy atom. The van der Waals surface area contributed by atoms with Crippen molar-refractivity contribution in [2.24, 2.45) is 11.7 Å². The molecule has 0 aromatic heterocycles. The van der Waals surface area contributed by atoms with Crippen LogP contribution in [-0.2, 0) is 14.3 Å². The Kier molecular flexibility index (Phi) is 9.93. The topological polar surface area (TPSA) is 151 Å². The second kappa shape index (κ2) is 11.9. The van der Waals surface area contributed by atoms with E-state index in [0.717, 1.165) is 12.1 Å². The first kappa shape index (κ1) is 23.3. The molecule has 1 saturated heterocycles. The van der Waals surface area contributed by atoms with E-state index in [2.05, 4.69) is 10.6 Å². The average Bonchev–Trinajstić information content (AvgIpc) is 2.86. The van der Waals surface area contributed by atoms with E-state index in [0.29, 0.717) is 31.8 Å². The minimum atomic E-state index is -1.26. The van der Waals surface area contributed by atoms with Gasteiger partial charge in [0.05, 0.1) is 17.7 Å². The largest absolute Gasteiger partial charge is 0.478 e. The molecule has 0 aliphatic carbocycles. The number of hydrogen-bond acceptors (Lipinski definition) is 5. The van der Waals surface area contributed by atoms with E-state index < -0.39 is 23.8 Å². The number of primary amides is 1. The summed E-state index contributed by atoms with van der Waals surface area (Å²) < 4.78 is 19.0. The highest BCUT2D eigenvalue weighted by Gasteiger charge is 2.26. The second-order valence-electron chi connectivity index (χ2n) is 5.68. The molecule has 1 heterocycles. The van der Waals surface area contributed by atoms with E-state index >= 15 is 0 Å². The van der Waals surface area contributed by atoms with E-state index in [1.807, 2.05) is 0 Å². The number of aliphatic carboxylic acids is 2. The number of hydrogen-bond donors (Lipinski definition) is 5. The molecule has 1 aliphatic heterocycles. The van der Waals surface area contributed by atoms with Crippen LogP contribution in [0.2, 0.25) is 5.02 Å². The maximum absolute atomic E-state index is 13.2. The van der Waals surface area contributed by atoms with Crippen molar-refractivity contribution < 1.29 is 33.7 Å². The third-order valence-corrected chi connectivity index (χ3v) is 3.88. The summed E-state index contributed by atoms with van der Waals surface area (Å²) in [4.78, 5) is 30.0. The predicted molar refractivity (Wildman–Crippen MR) is 98.5 cm³/mol. The highest BCUT2D eigenvalue weighted by atomic mass is 35.5. The number of carbonyl (C=O) groups excluding carboxylic acids is 1. The lowest BCUT2D eigenvalue weighted by Crippen LogP contribution is -2.38. The molecule has 0 bridgehead atoms. The van der Waals surface area contributed by atoms with Crippen molar-refractivity contribution in [2.75, 3.05) is 26.2 Å². The molecule has 1 fully saturated rings. The number of carboxylic acids is 2. The molecule has 2 rings (SSSR count). The number of ether oxygens (including phenoxy) is 1. The van der Waals surface area contributed by atoms with Crippen LogP contribution in [-0.4, -0.2) is 54.4 Å². The number of urea groups is 1. The summed E-state index contributed by atoms with van der Waals surface area (Å²) in [7, 11) is 0. The van der Waals surface area contributed by atoms with Crippen molar-refractivity contribution in [3.63, 3.8) is 0 Å². The van der Waals surface area contributed by atoms with Gasteiger partial charge in [-0.1, -0.05) is 17.7 Å². The normalized spacial score (nSPS) is 19.2. The van der Waals surface area contributed by atoms with Gasteiger partial charge in [-0.2, -0.15) is 0 Å². The Morgan fingerprint density at radius 1 is 1.32 bits per heavy atom. The molecule has 154 valence electrons. The maximum Gasteiger partial charge on any atom is 0.328 e. The highest BCUT2D eigenvalue weighted by molar-refractivity contribution is 6.30. The smallest absolute Gasteiger partial charge is 0.328 e. The first-order chi connectivity index (χ1) is 13.2. The van der Waals surface area contributed by atoms with E-state index in [1.165, 1.54) is 6.07 Å². The molecule has 1 aromatic carbocycles. The van der Waals surface area contributed by atoms with E-state index in [9.17, 15) is 18.8 Å². The lowest BCUT2D eigenvalue weighted by Gasteiger charge is -2.25. The maximum atomic E-state index is 13.2. The van der Waals surface area contributed by atoms with E-state index in [4.69, 9.17) is 32.3 Å². The van der Waals surface area contributed by atoms with E-state index in [-0.39, 0.29) is 17.0 Å². The Labute approximate surface area is 165 Å². The zero-order valence-corrected chi connectivity index (χ0v) is 15.5. The number of nitrogens with one attached hydrogen (secondary N) is 2. The number of halogens is 2. The quantitative estimate of drug-likeness (QED) is 0.450. The molecule has 0 spiro atoms. The second-order valence-corrected chi connectivity index (χ2v) is 6.09. The van der Waals surface area contributed by atoms with Gasteiger partial charge in [0.25, 0.3) is 0 Å². The average molecular weight is 418 g/mol. The summed E-state index contributed by atoms with van der Waals surface area (Å²) in [5.74, 6) is -2.99. The lowest BCUT2D eigenvalue weighted by atomic mass is 9.95. The molecule has 6 N–H and O–H groups in total. The van der Waals surface area contributed by atoms with Crippen LogP contribution >= 0.6 is 11.6 Å². The number of nitrogens with two attached hydrogens (primary N) is 1. The highest BCUT2D eigenvalue weighted by Crippen LogP contribution is 2.29. The fourth-order valence-electron chi connectivity index (χ4n) is 2.40. The fourth-order valence-corrected chi connectivity index (χ4v) is 2.59. The molecular weight excluding hydrogens is 397 g/mol. The molecule has 9 nitrogen and oxygen atoms in total. The van der Waals surface area contributed by atoms with Gasteiger partial charge in [0.2, 0.25) is 0 Å². The van der Waals surface area contributed by atoms with Crippen LogP contribution < -0.4 is 16.4 Å². The van der Waals surface area contributed by atoms with Crippen LogP contribution in [0, 0.1) is 11.7 Å². The lowest BCUT2D eigenvalue weighted by molar-refractivity contribution is -0.134. The number of rotatable bonds is 5. The van der Waals surface area contributed by atoms with Gasteiger partial charge in [-0.3, -0.25) is 0 Å². The molecule has 0 radical (unpaired) electrons. The van der Waals surface area contributed by atoms with Crippen LogP contribution in [0.5, 0.6) is 0 Å². The van der Waals surface area contributed by atoms with Gasteiger partial charge in [0, 0.05) is 37.7 Å². The number of carboxylic acid groups (broad SMARTS) is 2. The molecule has 1 aliphatic rings. The van der Waals surface area contributed by atoms with Crippen LogP contribution in [0.25, 0.3) is 0 Å². The van der Waals surface area contributed by atoms with Gasteiger partial charge in [0.1, 0.15) is 5.82 Å². The van der Waals surface area contributed by atoms with Crippen molar-refractivity contribution in [3.8, 4) is 0 Å². The van der Waals surface area contributed by atoms with Crippen LogP contribution in [0.4, 0.5) is 9.18 Å². The standard InChI is InChI=1S/C13H17ClFN3O2.C4H4O4/c14-10-5-8(1-2-11(10)15)12-9(7-18-13(16)19)6-17-3-4-20-12;5-3(6)1-2-4(7)8/h1-2,5,9,12,17H,3-4,6-7H2,(H3,16,18,19);1-2H,(H,5,6)(H,7,8)/b;2-1+/t9-,12-;/m1./s1. The molecule has 0 saturated carbocycles. The summed E-state index contributed by atoms with van der Waals surface area (Å²) in [6.45, 7) is 2.30. The number of amides is 2. The molecule has 2 amide bonds. The SMILES string of the molecule is NC(=O)NC[C@H]1CNCCO[C@@H]1c1ccc(F)c(Cl)c1.O=C(O)/C=C/C(=O)O. The Balaban J connectivity index is 0.000000416. The van der Waals surface area contributed by atoms with Crippen LogP contribution in [0.1, 0.15) is 11.7 Å². The Hall–Kier alpha value is -2.69. The Bertz CT molecular complexity index is 715. The van der Waals surface area contributed by atoms with Gasteiger partial charge >= 0.3 is 18.0 Å². The van der Waals surface area contributed by atoms with Crippen LogP contribution in [0.15, 0.2) is 30.4 Å².